The molecule has 3 rings (SSSR count). The van der Waals surface area contributed by atoms with E-state index in [-0.39, 0.29) is 23.5 Å². The molecule has 35 heavy (non-hydrogen) atoms. The van der Waals surface area contributed by atoms with Crippen LogP contribution in [-0.2, 0) is 9.09 Å². The van der Waals surface area contributed by atoms with Gasteiger partial charge in [0.25, 0.3) is 0 Å². The molecule has 0 saturated carbocycles. The number of hydrogen-bond donors (Lipinski definition) is 3. The van der Waals surface area contributed by atoms with Gasteiger partial charge in [-0.15, -0.1) is 10.2 Å². The number of rotatable bonds is 10. The van der Waals surface area contributed by atoms with Crippen LogP contribution in [0.1, 0.15) is 26.3 Å². The van der Waals surface area contributed by atoms with Gasteiger partial charge in [-0.2, -0.15) is 0 Å². The molecule has 3 aromatic rings. The number of aromatic nitrogens is 2. The fourth-order valence-corrected chi connectivity index (χ4v) is 4.80. The van der Waals surface area contributed by atoms with E-state index in [1.807, 2.05) is 39.0 Å². The fourth-order valence-electron chi connectivity index (χ4n) is 3.04. The zero-order valence-electron chi connectivity index (χ0n) is 19.4. The third-order valence-corrected chi connectivity index (χ3v) is 6.72. The molecule has 0 aliphatic rings. The van der Waals surface area contributed by atoms with Crippen LogP contribution in [0, 0.1) is 12.7 Å². The first-order chi connectivity index (χ1) is 16.3. The number of phosphoric ester groups is 1. The summed E-state index contributed by atoms with van der Waals surface area (Å²) in [4.78, 5) is 17.7. The third kappa shape index (κ3) is 7.44. The molecule has 0 fully saturated rings. The van der Waals surface area contributed by atoms with Gasteiger partial charge in [-0.3, -0.25) is 4.52 Å². The maximum Gasteiger partial charge on any atom is 0.469 e. The van der Waals surface area contributed by atoms with Crippen LogP contribution in [0.4, 0.5) is 4.39 Å². The Balaban J connectivity index is 1.75. The normalized spacial score (nSPS) is 13.7. The summed E-state index contributed by atoms with van der Waals surface area (Å²) in [7, 11) is -4.71. The first kappa shape index (κ1) is 27.5. The first-order valence-electron chi connectivity index (χ1n) is 10.6. The van der Waals surface area contributed by atoms with Crippen molar-refractivity contribution in [2.24, 2.45) is 5.73 Å². The van der Waals surface area contributed by atoms with Gasteiger partial charge in [-0.1, -0.05) is 22.9 Å². The van der Waals surface area contributed by atoms with E-state index < -0.39 is 25.8 Å². The monoisotopic (exact) mass is 545 g/mol. The summed E-state index contributed by atoms with van der Waals surface area (Å²) < 4.78 is 41.3. The molecule has 0 unspecified atom stereocenters. The van der Waals surface area contributed by atoms with Crippen LogP contribution in [0.15, 0.2) is 30.3 Å². The first-order valence-corrected chi connectivity index (χ1v) is 13.3. The SMILES string of the molecule is Cc1cc(-c2nnc(-c3cc(F)c(OC[C@@H](N)[C@H](C)OP(=O)(O)O)cc3Cl)s2)ccc1OC(C)C. The lowest BCUT2D eigenvalue weighted by Crippen LogP contribution is -2.39. The van der Waals surface area contributed by atoms with E-state index in [1.54, 1.807) is 0 Å². The molecule has 1 aromatic heterocycles. The van der Waals surface area contributed by atoms with Gasteiger partial charge in [0.2, 0.25) is 0 Å². The standard InChI is InChI=1S/C22H26ClFN3O6PS/c1-11(2)32-19-6-5-14(7-12(19)3)21-26-27-22(35-21)15-8-17(24)20(9-16(15)23)31-10-18(25)13(4)33-34(28,29)30/h5-9,11,13,18H,10,25H2,1-4H3,(H2,28,29,30)/t13-,18+/m0/s1. The average molecular weight is 546 g/mol. The second-order valence-corrected chi connectivity index (χ2v) is 10.7. The lowest BCUT2D eigenvalue weighted by molar-refractivity contribution is 0.106. The number of nitrogens with two attached hydrogens (primary N) is 1. The van der Waals surface area contributed by atoms with E-state index >= 15 is 0 Å². The second kappa shape index (κ2) is 11.3. The summed E-state index contributed by atoms with van der Waals surface area (Å²) in [5.74, 6) is -0.0850. The maximum atomic E-state index is 14.7. The van der Waals surface area contributed by atoms with E-state index in [2.05, 4.69) is 14.7 Å². The highest BCUT2D eigenvalue weighted by atomic mass is 35.5. The predicted octanol–water partition coefficient (Wildman–Crippen LogP) is 4.96. The Kier molecular flexibility index (Phi) is 8.87. The van der Waals surface area contributed by atoms with Crippen molar-refractivity contribution in [2.45, 2.75) is 45.9 Å². The molecule has 1 heterocycles. The lowest BCUT2D eigenvalue weighted by Gasteiger charge is -2.21. The van der Waals surface area contributed by atoms with Gasteiger partial charge < -0.3 is 25.0 Å². The van der Waals surface area contributed by atoms with Crippen LogP contribution in [-0.4, -0.2) is 44.8 Å². The molecule has 2 atom stereocenters. The van der Waals surface area contributed by atoms with Gasteiger partial charge >= 0.3 is 7.82 Å². The average Bonchev–Trinajstić information content (AvgIpc) is 3.23. The lowest BCUT2D eigenvalue weighted by atomic mass is 10.1. The van der Waals surface area contributed by atoms with Crippen molar-refractivity contribution >= 4 is 30.8 Å². The minimum absolute atomic E-state index is 0.0591. The van der Waals surface area contributed by atoms with Crippen molar-refractivity contribution in [2.75, 3.05) is 6.61 Å². The maximum absolute atomic E-state index is 14.7. The molecule has 0 amide bonds. The molecule has 190 valence electrons. The molecule has 13 heteroatoms. The summed E-state index contributed by atoms with van der Waals surface area (Å²) in [6.45, 7) is 6.98. The molecule has 0 radical (unpaired) electrons. The van der Waals surface area contributed by atoms with E-state index in [9.17, 15) is 8.96 Å². The Bertz CT molecular complexity index is 1240. The third-order valence-electron chi connectivity index (χ3n) is 4.80. The number of hydrogen-bond acceptors (Lipinski definition) is 8. The van der Waals surface area contributed by atoms with Crippen LogP contribution in [0.3, 0.4) is 0 Å². The molecular weight excluding hydrogens is 520 g/mol. The highest BCUT2D eigenvalue weighted by molar-refractivity contribution is 7.46. The molecule has 0 aliphatic heterocycles. The number of benzene rings is 2. The second-order valence-electron chi connectivity index (χ2n) is 8.10. The highest BCUT2D eigenvalue weighted by Crippen LogP contribution is 2.39. The number of halogens is 2. The van der Waals surface area contributed by atoms with Crippen molar-refractivity contribution in [3.8, 4) is 32.6 Å². The minimum Gasteiger partial charge on any atom is -0.491 e. The molecule has 4 N–H and O–H groups in total. The summed E-state index contributed by atoms with van der Waals surface area (Å²) in [5, 5.41) is 9.63. The summed E-state index contributed by atoms with van der Waals surface area (Å²) in [6, 6.07) is 7.26. The molecular formula is C22H26ClFN3O6PS. The van der Waals surface area contributed by atoms with Crippen molar-refractivity contribution < 1.29 is 32.7 Å². The van der Waals surface area contributed by atoms with Gasteiger partial charge in [0.15, 0.2) is 11.6 Å². The molecule has 9 nitrogen and oxygen atoms in total. The Morgan fingerprint density at radius 2 is 1.83 bits per heavy atom. The molecule has 0 spiro atoms. The summed E-state index contributed by atoms with van der Waals surface area (Å²) in [6.07, 6.45) is -0.966. The number of ether oxygens (including phenoxy) is 2. The predicted molar refractivity (Wildman–Crippen MR) is 132 cm³/mol. The minimum atomic E-state index is -4.71. The van der Waals surface area contributed by atoms with Crippen molar-refractivity contribution in [3.63, 3.8) is 0 Å². The Hall–Kier alpha value is -2.11. The largest absolute Gasteiger partial charge is 0.491 e. The van der Waals surface area contributed by atoms with Gasteiger partial charge in [-0.25, -0.2) is 8.96 Å². The Labute approximate surface area is 211 Å². The highest BCUT2D eigenvalue weighted by Gasteiger charge is 2.25. The van der Waals surface area contributed by atoms with Crippen LogP contribution in [0.5, 0.6) is 11.5 Å². The van der Waals surface area contributed by atoms with Gasteiger partial charge in [0, 0.05) is 17.2 Å². The van der Waals surface area contributed by atoms with Crippen molar-refractivity contribution in [3.05, 3.63) is 46.7 Å². The van der Waals surface area contributed by atoms with E-state index in [4.69, 9.17) is 36.6 Å². The molecule has 0 saturated heterocycles. The smallest absolute Gasteiger partial charge is 0.469 e. The molecule has 0 aliphatic carbocycles. The van der Waals surface area contributed by atoms with Crippen LogP contribution in [0.25, 0.3) is 21.1 Å². The summed E-state index contributed by atoms with van der Waals surface area (Å²) in [5.41, 5.74) is 7.96. The zero-order chi connectivity index (χ0) is 25.9. The van der Waals surface area contributed by atoms with Crippen molar-refractivity contribution in [1.82, 2.24) is 10.2 Å². The van der Waals surface area contributed by atoms with Gasteiger partial charge in [0.05, 0.1) is 23.3 Å². The van der Waals surface area contributed by atoms with Crippen molar-refractivity contribution in [1.29, 1.82) is 0 Å². The number of aryl methyl sites for hydroxylation is 1. The van der Waals surface area contributed by atoms with E-state index in [0.29, 0.717) is 15.6 Å². The number of nitrogens with zero attached hydrogens (tertiary/aromatic N) is 2. The Morgan fingerprint density at radius 3 is 2.46 bits per heavy atom. The van der Waals surface area contributed by atoms with Crippen LogP contribution < -0.4 is 15.2 Å². The molecule has 0 bridgehead atoms. The molecule has 2 aromatic carbocycles. The fraction of sp³-hybridized carbons (Fsp3) is 0.364. The zero-order valence-corrected chi connectivity index (χ0v) is 21.9. The topological polar surface area (TPSA) is 137 Å². The van der Waals surface area contributed by atoms with Gasteiger partial charge in [0.1, 0.15) is 22.4 Å². The number of phosphoric acid groups is 1. The van der Waals surface area contributed by atoms with E-state index in [0.717, 1.165) is 16.9 Å². The van der Waals surface area contributed by atoms with Gasteiger partial charge in [-0.05, 0) is 57.5 Å². The quantitative estimate of drug-likeness (QED) is 0.302. The van der Waals surface area contributed by atoms with E-state index in [1.165, 1.54) is 30.4 Å². The van der Waals surface area contributed by atoms with Crippen LogP contribution >= 0.6 is 30.8 Å². The summed E-state index contributed by atoms with van der Waals surface area (Å²) >= 11 is 7.63. The Morgan fingerprint density at radius 1 is 1.14 bits per heavy atom. The van der Waals surface area contributed by atoms with Crippen LogP contribution in [0.2, 0.25) is 5.02 Å².